The molecule has 1 amide bonds. The summed E-state index contributed by atoms with van der Waals surface area (Å²) in [5.74, 6) is 0.769. The van der Waals surface area contributed by atoms with Gasteiger partial charge in [0.15, 0.2) is 0 Å². The van der Waals surface area contributed by atoms with Crippen LogP contribution in [0.2, 0.25) is 0 Å². The highest BCUT2D eigenvalue weighted by atomic mass is 19.4. The largest absolute Gasteiger partial charge is 0.416 e. The lowest BCUT2D eigenvalue weighted by Crippen LogP contribution is -2.33. The zero-order chi connectivity index (χ0) is 15.9. The van der Waals surface area contributed by atoms with Gasteiger partial charge < -0.3 is 5.32 Å². The molecule has 3 nitrogen and oxygen atoms in total. The second-order valence-electron chi connectivity index (χ2n) is 5.95. The quantitative estimate of drug-likeness (QED) is 0.866. The molecule has 1 heterocycles. The molecule has 1 aromatic rings. The van der Waals surface area contributed by atoms with E-state index >= 15 is 0 Å². The standard InChI is InChI=1S/C16H17F3N2O/c1-2-14(22)20-15-12-8-21(9-13(12)15)7-10-3-5-11(6-4-10)16(17,18)19/h2-6,12-13,15H,1,7-9H2,(H,20,22). The van der Waals surface area contributed by atoms with E-state index in [9.17, 15) is 18.0 Å². The molecule has 0 aromatic heterocycles. The van der Waals surface area contributed by atoms with Crippen molar-refractivity contribution in [3.8, 4) is 0 Å². The molecule has 1 aromatic carbocycles. The number of piperidine rings is 1. The Morgan fingerprint density at radius 2 is 1.86 bits per heavy atom. The molecule has 2 atom stereocenters. The highest BCUT2D eigenvalue weighted by Crippen LogP contribution is 2.45. The zero-order valence-electron chi connectivity index (χ0n) is 11.9. The number of hydrogen-bond acceptors (Lipinski definition) is 2. The smallest absolute Gasteiger partial charge is 0.349 e. The van der Waals surface area contributed by atoms with Crippen LogP contribution in [0.1, 0.15) is 11.1 Å². The van der Waals surface area contributed by atoms with Gasteiger partial charge in [0.1, 0.15) is 0 Å². The van der Waals surface area contributed by atoms with Crippen molar-refractivity contribution >= 4 is 5.91 Å². The van der Waals surface area contributed by atoms with Gasteiger partial charge in [-0.05, 0) is 35.6 Å². The van der Waals surface area contributed by atoms with Crippen LogP contribution in [0.4, 0.5) is 13.2 Å². The molecule has 1 saturated carbocycles. The van der Waals surface area contributed by atoms with Crippen LogP contribution in [-0.4, -0.2) is 29.9 Å². The van der Waals surface area contributed by atoms with Crippen LogP contribution in [0.5, 0.6) is 0 Å². The van der Waals surface area contributed by atoms with E-state index in [1.165, 1.54) is 18.2 Å². The third-order valence-electron chi connectivity index (χ3n) is 4.45. The Bertz CT molecular complexity index is 570. The minimum atomic E-state index is -4.29. The van der Waals surface area contributed by atoms with E-state index in [0.717, 1.165) is 30.8 Å². The fraction of sp³-hybridized carbons (Fsp3) is 0.438. The Morgan fingerprint density at radius 3 is 2.36 bits per heavy atom. The maximum Gasteiger partial charge on any atom is 0.416 e. The Hall–Kier alpha value is -1.82. The van der Waals surface area contributed by atoms with Gasteiger partial charge in [-0.3, -0.25) is 9.69 Å². The Morgan fingerprint density at radius 1 is 1.27 bits per heavy atom. The predicted octanol–water partition coefficient (Wildman–Crippen LogP) is 2.44. The number of carbonyl (C=O) groups excluding carboxylic acids is 1. The summed E-state index contributed by atoms with van der Waals surface area (Å²) in [5.41, 5.74) is 0.258. The Labute approximate surface area is 126 Å². The van der Waals surface area contributed by atoms with Gasteiger partial charge >= 0.3 is 6.18 Å². The number of alkyl halides is 3. The first-order chi connectivity index (χ1) is 10.4. The monoisotopic (exact) mass is 310 g/mol. The predicted molar refractivity (Wildman–Crippen MR) is 75.8 cm³/mol. The van der Waals surface area contributed by atoms with E-state index in [0.29, 0.717) is 18.4 Å². The number of rotatable bonds is 4. The SMILES string of the molecule is C=CC(=O)NC1C2CN(Cc3ccc(C(F)(F)F)cc3)CC21. The van der Waals surface area contributed by atoms with Gasteiger partial charge in [0.25, 0.3) is 0 Å². The third kappa shape index (κ3) is 3.02. The second-order valence-corrected chi connectivity index (χ2v) is 5.95. The van der Waals surface area contributed by atoms with Crippen LogP contribution in [0.3, 0.4) is 0 Å². The van der Waals surface area contributed by atoms with Crippen LogP contribution in [0.25, 0.3) is 0 Å². The fourth-order valence-electron chi connectivity index (χ4n) is 3.24. The summed E-state index contributed by atoms with van der Waals surface area (Å²) in [4.78, 5) is 13.5. The van der Waals surface area contributed by atoms with Gasteiger partial charge in [-0.1, -0.05) is 18.7 Å². The summed E-state index contributed by atoms with van der Waals surface area (Å²) in [7, 11) is 0. The van der Waals surface area contributed by atoms with Crippen LogP contribution >= 0.6 is 0 Å². The number of fused-ring (bicyclic) bond motifs is 1. The molecule has 2 fully saturated rings. The van der Waals surface area contributed by atoms with E-state index in [-0.39, 0.29) is 11.9 Å². The van der Waals surface area contributed by atoms with Gasteiger partial charge in [-0.15, -0.1) is 0 Å². The maximum absolute atomic E-state index is 12.5. The molecule has 1 aliphatic heterocycles. The second kappa shape index (κ2) is 5.43. The maximum atomic E-state index is 12.5. The van der Waals surface area contributed by atoms with Crippen molar-refractivity contribution in [3.05, 3.63) is 48.0 Å². The van der Waals surface area contributed by atoms with Gasteiger partial charge in [-0.25, -0.2) is 0 Å². The highest BCUT2D eigenvalue weighted by Gasteiger charge is 2.56. The first-order valence-electron chi connectivity index (χ1n) is 7.20. The molecule has 1 aliphatic carbocycles. The molecule has 0 radical (unpaired) electrons. The van der Waals surface area contributed by atoms with Crippen molar-refractivity contribution in [1.29, 1.82) is 0 Å². The minimum absolute atomic E-state index is 0.145. The van der Waals surface area contributed by atoms with E-state index in [2.05, 4.69) is 16.8 Å². The van der Waals surface area contributed by atoms with E-state index < -0.39 is 11.7 Å². The third-order valence-corrected chi connectivity index (χ3v) is 4.45. The Balaban J connectivity index is 1.51. The van der Waals surface area contributed by atoms with E-state index in [4.69, 9.17) is 0 Å². The van der Waals surface area contributed by atoms with Crippen molar-refractivity contribution in [3.63, 3.8) is 0 Å². The number of amides is 1. The molecule has 1 saturated heterocycles. The molecule has 2 unspecified atom stereocenters. The van der Waals surface area contributed by atoms with Crippen molar-refractivity contribution in [2.75, 3.05) is 13.1 Å². The topological polar surface area (TPSA) is 32.3 Å². The summed E-state index contributed by atoms with van der Waals surface area (Å²) in [6, 6.07) is 5.54. The molecule has 2 aliphatic rings. The normalized spacial score (nSPS) is 27.3. The molecular weight excluding hydrogens is 293 g/mol. The van der Waals surface area contributed by atoms with Gasteiger partial charge in [-0.2, -0.15) is 13.2 Å². The Kier molecular flexibility index (Phi) is 3.72. The van der Waals surface area contributed by atoms with E-state index in [1.807, 2.05) is 0 Å². The number of benzene rings is 1. The van der Waals surface area contributed by atoms with Crippen LogP contribution in [0, 0.1) is 11.8 Å². The zero-order valence-corrected chi connectivity index (χ0v) is 11.9. The lowest BCUT2D eigenvalue weighted by Gasteiger charge is -2.20. The molecular formula is C16H17F3N2O. The van der Waals surface area contributed by atoms with Gasteiger partial charge in [0, 0.05) is 25.7 Å². The lowest BCUT2D eigenvalue weighted by atomic mass is 10.1. The molecule has 3 rings (SSSR count). The van der Waals surface area contributed by atoms with Crippen molar-refractivity contribution in [2.24, 2.45) is 11.8 Å². The molecule has 1 N–H and O–H groups in total. The molecule has 0 bridgehead atoms. The number of carbonyl (C=O) groups is 1. The first kappa shape index (κ1) is 15.1. The van der Waals surface area contributed by atoms with Crippen molar-refractivity contribution in [2.45, 2.75) is 18.8 Å². The number of likely N-dealkylation sites (tertiary alicyclic amines) is 1. The van der Waals surface area contributed by atoms with Crippen LogP contribution in [0.15, 0.2) is 36.9 Å². The van der Waals surface area contributed by atoms with E-state index in [1.54, 1.807) is 0 Å². The number of halogens is 3. The summed E-state index contributed by atoms with van der Waals surface area (Å²) < 4.78 is 37.5. The van der Waals surface area contributed by atoms with Gasteiger partial charge in [0.05, 0.1) is 5.56 Å². The van der Waals surface area contributed by atoms with Crippen LogP contribution < -0.4 is 5.32 Å². The average Bonchev–Trinajstić information content (AvgIpc) is 2.92. The van der Waals surface area contributed by atoms with Crippen LogP contribution in [-0.2, 0) is 17.5 Å². The average molecular weight is 310 g/mol. The van der Waals surface area contributed by atoms with Gasteiger partial charge in [0.2, 0.25) is 5.91 Å². The molecule has 0 spiro atoms. The molecule has 6 heteroatoms. The minimum Gasteiger partial charge on any atom is -0.349 e. The molecule has 22 heavy (non-hydrogen) atoms. The number of nitrogens with zero attached hydrogens (tertiary/aromatic N) is 1. The van der Waals surface area contributed by atoms with Crippen molar-refractivity contribution in [1.82, 2.24) is 10.2 Å². The van der Waals surface area contributed by atoms with Crippen molar-refractivity contribution < 1.29 is 18.0 Å². The summed E-state index contributed by atoms with van der Waals surface area (Å²) in [5, 5.41) is 2.91. The lowest BCUT2D eigenvalue weighted by molar-refractivity contribution is -0.137. The first-order valence-corrected chi connectivity index (χ1v) is 7.20. The summed E-state index contributed by atoms with van der Waals surface area (Å²) in [6.07, 6.45) is -3.02. The highest BCUT2D eigenvalue weighted by molar-refractivity contribution is 5.87. The number of nitrogens with one attached hydrogen (secondary N) is 1. The fourth-order valence-corrected chi connectivity index (χ4v) is 3.24. The summed E-state index contributed by atoms with van der Waals surface area (Å²) in [6.45, 7) is 5.81. The summed E-state index contributed by atoms with van der Waals surface area (Å²) >= 11 is 0. The molecule has 118 valence electrons. The number of hydrogen-bond donors (Lipinski definition) is 1.